The Morgan fingerprint density at radius 3 is 2.45 bits per heavy atom. The summed E-state index contributed by atoms with van der Waals surface area (Å²) in [6, 6.07) is 8.60. The van der Waals surface area contributed by atoms with Gasteiger partial charge in [0.05, 0.1) is 19.8 Å². The Balaban J connectivity index is 2.57. The molecule has 1 aromatic carbocycles. The number of hydrogen-bond acceptors (Lipinski definition) is 3. The number of methoxy groups -OCH3 is 1. The molecule has 1 atom stereocenters. The van der Waals surface area contributed by atoms with Crippen LogP contribution in [0.5, 0.6) is 0 Å². The van der Waals surface area contributed by atoms with E-state index in [1.807, 2.05) is 6.92 Å². The molecular formula is C17H29N3O2. The van der Waals surface area contributed by atoms with Gasteiger partial charge in [0.15, 0.2) is 5.96 Å². The fourth-order valence-corrected chi connectivity index (χ4v) is 1.98. The van der Waals surface area contributed by atoms with E-state index in [4.69, 9.17) is 9.47 Å². The smallest absolute Gasteiger partial charge is 0.191 e. The predicted octanol–water partition coefficient (Wildman–Crippen LogP) is 2.31. The van der Waals surface area contributed by atoms with Crippen molar-refractivity contribution in [2.45, 2.75) is 40.0 Å². The first-order valence-electron chi connectivity index (χ1n) is 7.88. The van der Waals surface area contributed by atoms with Gasteiger partial charge in [-0.15, -0.1) is 0 Å². The zero-order valence-electron chi connectivity index (χ0n) is 14.2. The number of ether oxygens (including phenoxy) is 2. The van der Waals surface area contributed by atoms with Crippen LogP contribution in [-0.4, -0.2) is 38.9 Å². The molecule has 0 aliphatic heterocycles. The number of rotatable bonds is 9. The van der Waals surface area contributed by atoms with Gasteiger partial charge >= 0.3 is 0 Å². The number of aliphatic imine (C=N–C) groups is 1. The molecule has 1 unspecified atom stereocenters. The van der Waals surface area contributed by atoms with Crippen molar-refractivity contribution in [1.82, 2.24) is 10.6 Å². The highest BCUT2D eigenvalue weighted by atomic mass is 16.5. The third-order valence-electron chi connectivity index (χ3n) is 3.06. The van der Waals surface area contributed by atoms with E-state index in [0.29, 0.717) is 19.8 Å². The molecule has 2 N–H and O–H groups in total. The molecule has 0 heterocycles. The molecule has 0 spiro atoms. The molecule has 0 aliphatic rings. The molecule has 1 aromatic rings. The van der Waals surface area contributed by atoms with Crippen molar-refractivity contribution in [3.63, 3.8) is 0 Å². The van der Waals surface area contributed by atoms with Crippen LogP contribution in [0, 0.1) is 0 Å². The minimum atomic E-state index is 0.219. The summed E-state index contributed by atoms with van der Waals surface area (Å²) in [5.41, 5.74) is 2.37. The maximum Gasteiger partial charge on any atom is 0.191 e. The van der Waals surface area contributed by atoms with E-state index in [9.17, 15) is 0 Å². The van der Waals surface area contributed by atoms with Gasteiger partial charge < -0.3 is 20.1 Å². The van der Waals surface area contributed by atoms with Gasteiger partial charge in [-0.2, -0.15) is 0 Å². The lowest BCUT2D eigenvalue weighted by Crippen LogP contribution is -2.43. The minimum Gasteiger partial charge on any atom is -0.383 e. The number of nitrogens with one attached hydrogen (secondary N) is 2. The highest BCUT2D eigenvalue weighted by Gasteiger charge is 2.04. The van der Waals surface area contributed by atoms with Crippen molar-refractivity contribution in [2.24, 2.45) is 4.99 Å². The van der Waals surface area contributed by atoms with Gasteiger partial charge in [0.2, 0.25) is 0 Å². The predicted molar refractivity (Wildman–Crippen MR) is 91.1 cm³/mol. The van der Waals surface area contributed by atoms with Crippen LogP contribution >= 0.6 is 0 Å². The van der Waals surface area contributed by atoms with Gasteiger partial charge in [-0.25, -0.2) is 4.99 Å². The Kier molecular flexibility index (Phi) is 9.26. The summed E-state index contributed by atoms with van der Waals surface area (Å²) < 4.78 is 10.5. The highest BCUT2D eigenvalue weighted by molar-refractivity contribution is 5.80. The Bertz CT molecular complexity index is 432. The van der Waals surface area contributed by atoms with Crippen molar-refractivity contribution < 1.29 is 9.47 Å². The first kappa shape index (κ1) is 18.5. The van der Waals surface area contributed by atoms with E-state index in [2.05, 4.69) is 53.7 Å². The monoisotopic (exact) mass is 307 g/mol. The Hall–Kier alpha value is -1.59. The summed E-state index contributed by atoms with van der Waals surface area (Å²) in [5.74, 6) is 0.811. The average Bonchev–Trinajstić information content (AvgIpc) is 2.52. The van der Waals surface area contributed by atoms with Gasteiger partial charge in [0.25, 0.3) is 0 Å². The molecule has 5 heteroatoms. The Labute approximate surface area is 134 Å². The quantitative estimate of drug-likeness (QED) is 0.543. The van der Waals surface area contributed by atoms with Crippen LogP contribution in [0.3, 0.4) is 0 Å². The van der Waals surface area contributed by atoms with E-state index in [-0.39, 0.29) is 6.04 Å². The SMILES string of the molecule is CCNC(=NCc1ccc(COCC)cc1)NC(C)COC. The molecule has 0 radical (unpaired) electrons. The van der Waals surface area contributed by atoms with Gasteiger partial charge in [-0.1, -0.05) is 24.3 Å². The molecule has 1 rings (SSSR count). The van der Waals surface area contributed by atoms with Crippen LogP contribution in [0.25, 0.3) is 0 Å². The second kappa shape index (κ2) is 11.0. The first-order chi connectivity index (χ1) is 10.7. The third kappa shape index (κ3) is 7.43. The lowest BCUT2D eigenvalue weighted by atomic mass is 10.1. The maximum atomic E-state index is 5.40. The summed E-state index contributed by atoms with van der Waals surface area (Å²) in [5, 5.41) is 6.57. The molecule has 0 bridgehead atoms. The second-order valence-electron chi connectivity index (χ2n) is 5.15. The second-order valence-corrected chi connectivity index (χ2v) is 5.15. The molecule has 0 aliphatic carbocycles. The zero-order chi connectivity index (χ0) is 16.2. The molecule has 5 nitrogen and oxygen atoms in total. The van der Waals surface area contributed by atoms with Crippen molar-refractivity contribution in [1.29, 1.82) is 0 Å². The molecule has 0 saturated carbocycles. The van der Waals surface area contributed by atoms with E-state index in [1.165, 1.54) is 11.1 Å². The normalized spacial score (nSPS) is 13.0. The first-order valence-corrected chi connectivity index (χ1v) is 7.88. The van der Waals surface area contributed by atoms with Gasteiger partial charge in [-0.3, -0.25) is 0 Å². The zero-order valence-corrected chi connectivity index (χ0v) is 14.2. The van der Waals surface area contributed by atoms with Gasteiger partial charge in [-0.05, 0) is 31.9 Å². The number of hydrogen-bond donors (Lipinski definition) is 2. The highest BCUT2D eigenvalue weighted by Crippen LogP contribution is 2.07. The van der Waals surface area contributed by atoms with E-state index in [1.54, 1.807) is 7.11 Å². The fourth-order valence-electron chi connectivity index (χ4n) is 1.98. The van der Waals surface area contributed by atoms with Crippen molar-refractivity contribution >= 4 is 5.96 Å². The molecule has 0 saturated heterocycles. The summed E-state index contributed by atoms with van der Waals surface area (Å²) in [6.07, 6.45) is 0. The summed E-state index contributed by atoms with van der Waals surface area (Å²) in [6.45, 7) is 9.66. The Morgan fingerprint density at radius 2 is 1.86 bits per heavy atom. The molecule has 0 aromatic heterocycles. The molecule has 0 amide bonds. The topological polar surface area (TPSA) is 54.9 Å². The third-order valence-corrected chi connectivity index (χ3v) is 3.06. The molecular weight excluding hydrogens is 278 g/mol. The molecule has 22 heavy (non-hydrogen) atoms. The standard InChI is InChI=1S/C17H29N3O2/c1-5-18-17(20-14(3)12-21-4)19-11-15-7-9-16(10-8-15)13-22-6-2/h7-10,14H,5-6,11-13H2,1-4H3,(H2,18,19,20). The summed E-state index contributed by atoms with van der Waals surface area (Å²) in [4.78, 5) is 4.61. The summed E-state index contributed by atoms with van der Waals surface area (Å²) in [7, 11) is 1.70. The van der Waals surface area contributed by atoms with Crippen LogP contribution in [0.1, 0.15) is 31.9 Å². The van der Waals surface area contributed by atoms with Crippen LogP contribution < -0.4 is 10.6 Å². The number of benzene rings is 1. The van der Waals surface area contributed by atoms with Crippen LogP contribution in [-0.2, 0) is 22.6 Å². The molecule has 0 fully saturated rings. The van der Waals surface area contributed by atoms with Gasteiger partial charge in [0.1, 0.15) is 0 Å². The van der Waals surface area contributed by atoms with Crippen LogP contribution in [0.4, 0.5) is 0 Å². The minimum absolute atomic E-state index is 0.219. The number of guanidine groups is 1. The lowest BCUT2D eigenvalue weighted by molar-refractivity contribution is 0.134. The number of nitrogens with zero attached hydrogens (tertiary/aromatic N) is 1. The average molecular weight is 307 g/mol. The van der Waals surface area contributed by atoms with E-state index in [0.717, 1.165) is 19.1 Å². The van der Waals surface area contributed by atoms with Crippen LogP contribution in [0.2, 0.25) is 0 Å². The van der Waals surface area contributed by atoms with Crippen molar-refractivity contribution in [3.8, 4) is 0 Å². The van der Waals surface area contributed by atoms with E-state index < -0.39 is 0 Å². The van der Waals surface area contributed by atoms with Crippen molar-refractivity contribution in [2.75, 3.05) is 26.9 Å². The largest absolute Gasteiger partial charge is 0.383 e. The summed E-state index contributed by atoms with van der Waals surface area (Å²) >= 11 is 0. The van der Waals surface area contributed by atoms with E-state index >= 15 is 0 Å². The fraction of sp³-hybridized carbons (Fsp3) is 0.588. The Morgan fingerprint density at radius 1 is 1.18 bits per heavy atom. The van der Waals surface area contributed by atoms with Crippen molar-refractivity contribution in [3.05, 3.63) is 35.4 Å². The molecule has 124 valence electrons. The lowest BCUT2D eigenvalue weighted by Gasteiger charge is -2.17. The maximum absolute atomic E-state index is 5.40. The van der Waals surface area contributed by atoms with Crippen LogP contribution in [0.15, 0.2) is 29.3 Å². The van der Waals surface area contributed by atoms with Gasteiger partial charge in [0, 0.05) is 26.3 Å².